The molecule has 1 rings (SSSR count). The lowest BCUT2D eigenvalue weighted by atomic mass is 10.4. The second-order valence-electron chi connectivity index (χ2n) is 3.14. The number of ether oxygens (including phenoxy) is 1. The second kappa shape index (κ2) is 6.40. The molecule has 0 saturated heterocycles. The fourth-order valence-corrected chi connectivity index (χ4v) is 1.10. The van der Waals surface area contributed by atoms with Crippen LogP contribution in [0.3, 0.4) is 0 Å². The van der Waals surface area contributed by atoms with Crippen molar-refractivity contribution in [1.82, 2.24) is 5.32 Å². The molecule has 1 atom stereocenters. The fraction of sp³-hybridized carbons (Fsp3) is 0.455. The number of nitrogens with one attached hydrogen (secondary N) is 1. The van der Waals surface area contributed by atoms with Gasteiger partial charge >= 0.3 is 0 Å². The lowest BCUT2D eigenvalue weighted by Gasteiger charge is -2.11. The Kier molecular flexibility index (Phi) is 5.04. The van der Waals surface area contributed by atoms with E-state index in [1.807, 2.05) is 19.1 Å². The van der Waals surface area contributed by atoms with E-state index >= 15 is 0 Å². The first-order valence-electron chi connectivity index (χ1n) is 4.78. The molecule has 0 aliphatic carbocycles. The summed E-state index contributed by atoms with van der Waals surface area (Å²) in [5.74, 6) is 0.945. The van der Waals surface area contributed by atoms with Crippen LogP contribution < -0.4 is 5.32 Å². The minimum absolute atomic E-state index is 0.197. The second-order valence-corrected chi connectivity index (χ2v) is 3.14. The number of furan rings is 1. The van der Waals surface area contributed by atoms with Crippen LogP contribution in [0.4, 0.5) is 0 Å². The largest absolute Gasteiger partial charge is 0.468 e. The summed E-state index contributed by atoms with van der Waals surface area (Å²) in [7, 11) is 0. The van der Waals surface area contributed by atoms with E-state index in [4.69, 9.17) is 9.15 Å². The molecule has 0 bridgehead atoms. The number of hydrogen-bond acceptors (Lipinski definition) is 3. The van der Waals surface area contributed by atoms with Crippen molar-refractivity contribution >= 4 is 0 Å². The van der Waals surface area contributed by atoms with E-state index in [1.54, 1.807) is 12.3 Å². The van der Waals surface area contributed by atoms with Crippen LogP contribution in [0.25, 0.3) is 0 Å². The van der Waals surface area contributed by atoms with Crippen LogP contribution in [0, 0.1) is 0 Å². The topological polar surface area (TPSA) is 34.4 Å². The van der Waals surface area contributed by atoms with Gasteiger partial charge in [0.25, 0.3) is 0 Å². The molecular formula is C11H17NO2. The maximum absolute atomic E-state index is 5.40. The Bertz CT molecular complexity index is 244. The highest BCUT2D eigenvalue weighted by atomic mass is 16.5. The predicted molar refractivity (Wildman–Crippen MR) is 56.0 cm³/mol. The minimum Gasteiger partial charge on any atom is -0.468 e. The molecule has 0 radical (unpaired) electrons. The molecule has 0 saturated carbocycles. The summed E-state index contributed by atoms with van der Waals surface area (Å²) in [5, 5.41) is 3.24. The summed E-state index contributed by atoms with van der Waals surface area (Å²) in [6.45, 7) is 7.78. The van der Waals surface area contributed by atoms with Gasteiger partial charge in [-0.15, -0.1) is 6.58 Å². The van der Waals surface area contributed by atoms with Crippen molar-refractivity contribution in [3.05, 3.63) is 36.8 Å². The molecule has 0 aromatic carbocycles. The highest BCUT2D eigenvalue weighted by molar-refractivity contribution is 4.97. The molecule has 0 fully saturated rings. The maximum atomic E-state index is 5.40. The van der Waals surface area contributed by atoms with Crippen molar-refractivity contribution in [2.24, 2.45) is 0 Å². The molecule has 0 aliphatic rings. The van der Waals surface area contributed by atoms with E-state index in [-0.39, 0.29) is 6.10 Å². The molecule has 1 unspecified atom stereocenters. The highest BCUT2D eigenvalue weighted by Crippen LogP contribution is 1.98. The molecule has 0 amide bonds. The van der Waals surface area contributed by atoms with Crippen molar-refractivity contribution in [3.63, 3.8) is 0 Å². The van der Waals surface area contributed by atoms with E-state index in [9.17, 15) is 0 Å². The van der Waals surface area contributed by atoms with Crippen molar-refractivity contribution in [1.29, 1.82) is 0 Å². The standard InChI is InChI=1S/C11H17NO2/c1-3-6-13-10(2)8-12-9-11-5-4-7-14-11/h3-5,7,10,12H,1,6,8-9H2,2H3. The van der Waals surface area contributed by atoms with Crippen LogP contribution in [0.15, 0.2) is 35.5 Å². The fourth-order valence-electron chi connectivity index (χ4n) is 1.10. The Morgan fingerprint density at radius 3 is 3.21 bits per heavy atom. The third-order valence-electron chi connectivity index (χ3n) is 1.81. The first-order chi connectivity index (χ1) is 6.83. The van der Waals surface area contributed by atoms with Crippen LogP contribution in [0.2, 0.25) is 0 Å². The molecule has 0 spiro atoms. The Hall–Kier alpha value is -1.06. The van der Waals surface area contributed by atoms with Gasteiger partial charge in [-0.2, -0.15) is 0 Å². The van der Waals surface area contributed by atoms with Crippen molar-refractivity contribution in [2.45, 2.75) is 19.6 Å². The molecule has 1 heterocycles. The first kappa shape index (κ1) is 11.0. The van der Waals surface area contributed by atoms with E-state index in [2.05, 4.69) is 11.9 Å². The summed E-state index contributed by atoms with van der Waals surface area (Å²) < 4.78 is 10.6. The molecule has 14 heavy (non-hydrogen) atoms. The predicted octanol–water partition coefficient (Wildman–Crippen LogP) is 1.96. The zero-order valence-electron chi connectivity index (χ0n) is 8.53. The smallest absolute Gasteiger partial charge is 0.117 e. The summed E-state index contributed by atoms with van der Waals surface area (Å²) in [5.41, 5.74) is 0. The highest BCUT2D eigenvalue weighted by Gasteiger charge is 2.00. The quantitative estimate of drug-likeness (QED) is 0.675. The van der Waals surface area contributed by atoms with E-state index in [0.717, 1.165) is 18.8 Å². The van der Waals surface area contributed by atoms with Gasteiger partial charge in [0.1, 0.15) is 5.76 Å². The van der Waals surface area contributed by atoms with Crippen LogP contribution >= 0.6 is 0 Å². The van der Waals surface area contributed by atoms with Gasteiger partial charge in [0.15, 0.2) is 0 Å². The van der Waals surface area contributed by atoms with Gasteiger partial charge in [0, 0.05) is 6.54 Å². The lowest BCUT2D eigenvalue weighted by molar-refractivity contribution is 0.0874. The van der Waals surface area contributed by atoms with Gasteiger partial charge in [-0.05, 0) is 19.1 Å². The number of rotatable bonds is 7. The van der Waals surface area contributed by atoms with Gasteiger partial charge in [0.05, 0.1) is 25.5 Å². The van der Waals surface area contributed by atoms with Crippen molar-refractivity contribution in [2.75, 3.05) is 13.2 Å². The SMILES string of the molecule is C=CCOC(C)CNCc1ccco1. The molecule has 3 nitrogen and oxygen atoms in total. The Morgan fingerprint density at radius 1 is 1.71 bits per heavy atom. The number of hydrogen-bond donors (Lipinski definition) is 1. The monoisotopic (exact) mass is 195 g/mol. The summed E-state index contributed by atoms with van der Waals surface area (Å²) in [6, 6.07) is 3.83. The van der Waals surface area contributed by atoms with Gasteiger partial charge in [0.2, 0.25) is 0 Å². The molecule has 1 N–H and O–H groups in total. The Labute approximate surface area is 84.8 Å². The van der Waals surface area contributed by atoms with Crippen molar-refractivity contribution < 1.29 is 9.15 Å². The van der Waals surface area contributed by atoms with E-state index in [1.165, 1.54) is 0 Å². The first-order valence-corrected chi connectivity index (χ1v) is 4.78. The van der Waals surface area contributed by atoms with Gasteiger partial charge in [-0.3, -0.25) is 0 Å². The van der Waals surface area contributed by atoms with Gasteiger partial charge in [-0.25, -0.2) is 0 Å². The molecule has 3 heteroatoms. The summed E-state index contributed by atoms with van der Waals surface area (Å²) in [6.07, 6.45) is 3.63. The van der Waals surface area contributed by atoms with Crippen LogP contribution in [-0.2, 0) is 11.3 Å². The Morgan fingerprint density at radius 2 is 2.57 bits per heavy atom. The Balaban J connectivity index is 2.06. The third kappa shape index (κ3) is 4.25. The van der Waals surface area contributed by atoms with Crippen LogP contribution in [0.5, 0.6) is 0 Å². The lowest BCUT2D eigenvalue weighted by Crippen LogP contribution is -2.26. The third-order valence-corrected chi connectivity index (χ3v) is 1.81. The van der Waals surface area contributed by atoms with Gasteiger partial charge in [-0.1, -0.05) is 6.08 Å². The maximum Gasteiger partial charge on any atom is 0.117 e. The molecule has 78 valence electrons. The molecule has 1 aromatic heterocycles. The molecule has 1 aromatic rings. The normalized spacial score (nSPS) is 12.6. The van der Waals surface area contributed by atoms with Crippen LogP contribution in [0.1, 0.15) is 12.7 Å². The summed E-state index contributed by atoms with van der Waals surface area (Å²) in [4.78, 5) is 0. The van der Waals surface area contributed by atoms with E-state index in [0.29, 0.717) is 6.61 Å². The average molecular weight is 195 g/mol. The average Bonchev–Trinajstić information content (AvgIpc) is 2.67. The molecule has 0 aliphatic heterocycles. The van der Waals surface area contributed by atoms with Gasteiger partial charge < -0.3 is 14.5 Å². The zero-order chi connectivity index (χ0) is 10.2. The van der Waals surface area contributed by atoms with Crippen LogP contribution in [-0.4, -0.2) is 19.3 Å². The zero-order valence-corrected chi connectivity index (χ0v) is 8.53. The molecular weight excluding hydrogens is 178 g/mol. The summed E-state index contributed by atoms with van der Waals surface area (Å²) >= 11 is 0. The minimum atomic E-state index is 0.197. The van der Waals surface area contributed by atoms with E-state index < -0.39 is 0 Å². The van der Waals surface area contributed by atoms with Crippen molar-refractivity contribution in [3.8, 4) is 0 Å².